The molecule has 2 saturated carbocycles. The van der Waals surface area contributed by atoms with Gasteiger partial charge in [0.25, 0.3) is 0 Å². The first-order chi connectivity index (χ1) is 10.1. The highest BCUT2D eigenvalue weighted by atomic mass is 16.2. The number of imidazole rings is 1. The zero-order valence-corrected chi connectivity index (χ0v) is 12.9. The van der Waals surface area contributed by atoms with E-state index in [9.17, 15) is 4.79 Å². The third kappa shape index (κ3) is 2.37. The molecule has 2 aliphatic carbocycles. The Balaban J connectivity index is 1.45. The van der Waals surface area contributed by atoms with Gasteiger partial charge in [-0.15, -0.1) is 0 Å². The fourth-order valence-corrected chi connectivity index (χ4v) is 3.83. The molecule has 114 valence electrons. The van der Waals surface area contributed by atoms with E-state index in [1.807, 2.05) is 19.4 Å². The summed E-state index contributed by atoms with van der Waals surface area (Å²) in [7, 11) is 4.16. The molecule has 0 bridgehead atoms. The molecule has 0 spiro atoms. The Bertz CT molecular complexity index is 550. The molecule has 3 aliphatic rings. The first-order valence-electron chi connectivity index (χ1n) is 8.11. The molecular weight excluding hydrogens is 264 g/mol. The topological polar surface area (TPSA) is 41.4 Å². The molecule has 0 aromatic carbocycles. The minimum Gasteiger partial charge on any atom is -0.339 e. The van der Waals surface area contributed by atoms with E-state index in [0.717, 1.165) is 37.8 Å². The van der Waals surface area contributed by atoms with Gasteiger partial charge in [-0.2, -0.15) is 0 Å². The van der Waals surface area contributed by atoms with E-state index in [-0.39, 0.29) is 6.04 Å². The average Bonchev–Trinajstić information content (AvgIpc) is 3.36. The highest BCUT2D eigenvalue weighted by Crippen LogP contribution is 2.55. The van der Waals surface area contributed by atoms with Crippen LogP contribution in [0.2, 0.25) is 0 Å². The summed E-state index contributed by atoms with van der Waals surface area (Å²) in [4.78, 5) is 21.6. The lowest BCUT2D eigenvalue weighted by Gasteiger charge is -2.39. The van der Waals surface area contributed by atoms with Gasteiger partial charge in [0.05, 0.1) is 6.04 Å². The maximum atomic E-state index is 12.7. The molecule has 0 radical (unpaired) electrons. The van der Waals surface area contributed by atoms with Crippen molar-refractivity contribution in [1.82, 2.24) is 19.4 Å². The number of hydrogen-bond acceptors (Lipinski definition) is 3. The maximum Gasteiger partial charge on any atom is 0.226 e. The van der Waals surface area contributed by atoms with Gasteiger partial charge in [-0.3, -0.25) is 9.69 Å². The SMILES string of the molecule is CN1CCN(C(=O)[C@@H]2C[C@@H]2C2CC2)C[C@@H]1c1nccn1C. The van der Waals surface area contributed by atoms with Gasteiger partial charge < -0.3 is 9.47 Å². The smallest absolute Gasteiger partial charge is 0.226 e. The fraction of sp³-hybridized carbons (Fsp3) is 0.750. The van der Waals surface area contributed by atoms with Gasteiger partial charge in [0.15, 0.2) is 0 Å². The van der Waals surface area contributed by atoms with E-state index in [4.69, 9.17) is 0 Å². The van der Waals surface area contributed by atoms with Crippen LogP contribution in [-0.4, -0.2) is 51.9 Å². The van der Waals surface area contributed by atoms with Crippen molar-refractivity contribution in [3.05, 3.63) is 18.2 Å². The van der Waals surface area contributed by atoms with Crippen molar-refractivity contribution in [2.45, 2.75) is 25.3 Å². The third-order valence-electron chi connectivity index (χ3n) is 5.50. The van der Waals surface area contributed by atoms with Crippen LogP contribution in [0, 0.1) is 17.8 Å². The van der Waals surface area contributed by atoms with Gasteiger partial charge >= 0.3 is 0 Å². The highest BCUT2D eigenvalue weighted by molar-refractivity contribution is 5.82. The van der Waals surface area contributed by atoms with E-state index in [1.54, 1.807) is 0 Å². The zero-order chi connectivity index (χ0) is 14.6. The highest BCUT2D eigenvalue weighted by Gasteiger charge is 2.52. The first kappa shape index (κ1) is 13.3. The zero-order valence-electron chi connectivity index (χ0n) is 12.9. The molecule has 1 amide bonds. The Morgan fingerprint density at radius 2 is 2.10 bits per heavy atom. The lowest BCUT2D eigenvalue weighted by atomic mass is 10.1. The number of aryl methyl sites for hydroxylation is 1. The summed E-state index contributed by atoms with van der Waals surface area (Å²) in [5.74, 6) is 3.38. The van der Waals surface area contributed by atoms with E-state index in [0.29, 0.717) is 17.7 Å². The Morgan fingerprint density at radius 1 is 1.29 bits per heavy atom. The van der Waals surface area contributed by atoms with Crippen LogP contribution in [0.15, 0.2) is 12.4 Å². The number of hydrogen-bond donors (Lipinski definition) is 0. The maximum absolute atomic E-state index is 12.7. The van der Waals surface area contributed by atoms with Gasteiger partial charge in [0, 0.05) is 45.0 Å². The number of piperazine rings is 1. The van der Waals surface area contributed by atoms with Crippen LogP contribution in [0.25, 0.3) is 0 Å². The van der Waals surface area contributed by atoms with Crippen LogP contribution in [0.1, 0.15) is 31.1 Å². The van der Waals surface area contributed by atoms with Crippen LogP contribution in [-0.2, 0) is 11.8 Å². The van der Waals surface area contributed by atoms with Gasteiger partial charge in [-0.1, -0.05) is 0 Å². The monoisotopic (exact) mass is 288 g/mol. The number of amides is 1. The van der Waals surface area contributed by atoms with E-state index in [2.05, 4.69) is 26.4 Å². The lowest BCUT2D eigenvalue weighted by Crippen LogP contribution is -2.50. The third-order valence-corrected chi connectivity index (χ3v) is 5.50. The minimum absolute atomic E-state index is 0.223. The number of likely N-dealkylation sites (N-methyl/N-ethyl adjacent to an activating group) is 1. The molecule has 3 fully saturated rings. The number of carbonyl (C=O) groups excluding carboxylic acids is 1. The predicted molar refractivity (Wildman–Crippen MR) is 79.5 cm³/mol. The van der Waals surface area contributed by atoms with Crippen LogP contribution in [0.3, 0.4) is 0 Å². The molecule has 21 heavy (non-hydrogen) atoms. The average molecular weight is 288 g/mol. The number of nitrogens with zero attached hydrogens (tertiary/aromatic N) is 4. The summed E-state index contributed by atoms with van der Waals surface area (Å²) in [6.45, 7) is 2.59. The summed E-state index contributed by atoms with van der Waals surface area (Å²) < 4.78 is 2.07. The molecule has 2 heterocycles. The van der Waals surface area contributed by atoms with Crippen molar-refractivity contribution in [2.75, 3.05) is 26.7 Å². The molecule has 5 nitrogen and oxygen atoms in total. The molecule has 1 aromatic heterocycles. The molecule has 3 atom stereocenters. The number of rotatable bonds is 3. The van der Waals surface area contributed by atoms with Crippen LogP contribution < -0.4 is 0 Å². The summed E-state index contributed by atoms with van der Waals surface area (Å²) >= 11 is 0. The van der Waals surface area contributed by atoms with Crippen molar-refractivity contribution < 1.29 is 4.79 Å². The van der Waals surface area contributed by atoms with Crippen molar-refractivity contribution in [2.24, 2.45) is 24.8 Å². The van der Waals surface area contributed by atoms with E-state index in [1.165, 1.54) is 12.8 Å². The number of carbonyl (C=O) groups is 1. The predicted octanol–water partition coefficient (Wildman–Crippen LogP) is 1.28. The molecule has 4 rings (SSSR count). The largest absolute Gasteiger partial charge is 0.339 e. The van der Waals surface area contributed by atoms with Crippen molar-refractivity contribution in [3.8, 4) is 0 Å². The summed E-state index contributed by atoms with van der Waals surface area (Å²) in [5.41, 5.74) is 0. The minimum atomic E-state index is 0.223. The Hall–Kier alpha value is -1.36. The second kappa shape index (κ2) is 4.83. The van der Waals surface area contributed by atoms with Gasteiger partial charge in [0.1, 0.15) is 5.82 Å². The molecule has 1 saturated heterocycles. The normalized spacial score (nSPS) is 33.2. The summed E-state index contributed by atoms with van der Waals surface area (Å²) in [6, 6.07) is 0.223. The van der Waals surface area contributed by atoms with Crippen LogP contribution >= 0.6 is 0 Å². The summed E-state index contributed by atoms with van der Waals surface area (Å²) in [5, 5.41) is 0. The Labute approximate surface area is 125 Å². The molecule has 1 aromatic rings. The summed E-state index contributed by atoms with van der Waals surface area (Å²) in [6.07, 6.45) is 7.67. The standard InChI is InChI=1S/C16H24N4O/c1-18-7-8-20(10-14(18)15-17-5-6-19(15)2)16(21)13-9-12(13)11-3-4-11/h5-6,11-14H,3-4,7-10H2,1-2H3/t12-,13-,14-/m1/s1. The van der Waals surface area contributed by atoms with Crippen molar-refractivity contribution >= 4 is 5.91 Å². The second-order valence-corrected chi connectivity index (χ2v) is 7.02. The lowest BCUT2D eigenvalue weighted by molar-refractivity contribution is -0.136. The Morgan fingerprint density at radius 3 is 2.76 bits per heavy atom. The first-order valence-corrected chi connectivity index (χ1v) is 8.11. The molecule has 5 heteroatoms. The van der Waals surface area contributed by atoms with Gasteiger partial charge in [-0.05, 0) is 38.1 Å². The molecule has 1 aliphatic heterocycles. The molecular formula is C16H24N4O. The fourth-order valence-electron chi connectivity index (χ4n) is 3.83. The van der Waals surface area contributed by atoms with Crippen molar-refractivity contribution in [3.63, 3.8) is 0 Å². The van der Waals surface area contributed by atoms with E-state index < -0.39 is 0 Å². The second-order valence-electron chi connectivity index (χ2n) is 7.02. The van der Waals surface area contributed by atoms with Crippen LogP contribution in [0.4, 0.5) is 0 Å². The quantitative estimate of drug-likeness (QED) is 0.841. The Kier molecular flexibility index (Phi) is 3.06. The van der Waals surface area contributed by atoms with Gasteiger partial charge in [-0.25, -0.2) is 4.98 Å². The number of aromatic nitrogens is 2. The van der Waals surface area contributed by atoms with E-state index >= 15 is 0 Å². The molecule has 0 N–H and O–H groups in total. The van der Waals surface area contributed by atoms with Gasteiger partial charge in [0.2, 0.25) is 5.91 Å². The van der Waals surface area contributed by atoms with Crippen molar-refractivity contribution in [1.29, 1.82) is 0 Å². The molecule has 0 unspecified atom stereocenters. The van der Waals surface area contributed by atoms with Crippen LogP contribution in [0.5, 0.6) is 0 Å².